The van der Waals surface area contributed by atoms with E-state index in [0.717, 1.165) is 46.6 Å². The van der Waals surface area contributed by atoms with E-state index >= 15 is 0 Å². The molecule has 33 heavy (non-hydrogen) atoms. The zero-order valence-electron chi connectivity index (χ0n) is 19.1. The molecule has 1 aliphatic carbocycles. The van der Waals surface area contributed by atoms with E-state index in [1.54, 1.807) is 38.6 Å². The Hall–Kier alpha value is -3.60. The van der Waals surface area contributed by atoms with Gasteiger partial charge in [0.2, 0.25) is 0 Å². The van der Waals surface area contributed by atoms with E-state index in [1.807, 2.05) is 42.5 Å². The second-order valence-electron chi connectivity index (χ2n) is 8.03. The van der Waals surface area contributed by atoms with Crippen molar-refractivity contribution >= 4 is 17.6 Å². The van der Waals surface area contributed by atoms with Gasteiger partial charge in [-0.3, -0.25) is 4.98 Å². The molecule has 0 radical (unpaired) electrons. The first-order valence-electron chi connectivity index (χ1n) is 11.4. The molecule has 5 nitrogen and oxygen atoms in total. The van der Waals surface area contributed by atoms with Crippen molar-refractivity contribution in [3.8, 4) is 11.5 Å². The number of methoxy groups -OCH3 is 1. The number of ether oxygens (including phenoxy) is 3. The van der Waals surface area contributed by atoms with E-state index in [-0.39, 0.29) is 12.1 Å². The molecule has 4 rings (SSSR count). The van der Waals surface area contributed by atoms with Gasteiger partial charge < -0.3 is 14.2 Å². The number of carbonyl (C=O) groups is 1. The van der Waals surface area contributed by atoms with Crippen LogP contribution in [0.2, 0.25) is 0 Å². The molecule has 0 spiro atoms. The smallest absolute Gasteiger partial charge is 0.338 e. The number of nitrogens with zero attached hydrogens (tertiary/aromatic N) is 1. The highest BCUT2D eigenvalue weighted by Crippen LogP contribution is 2.36. The molecular weight excluding hydrogens is 414 g/mol. The van der Waals surface area contributed by atoms with Crippen molar-refractivity contribution in [2.45, 2.75) is 38.7 Å². The first-order valence-corrected chi connectivity index (χ1v) is 11.4. The molecule has 1 saturated carbocycles. The highest BCUT2D eigenvalue weighted by atomic mass is 16.5. The topological polar surface area (TPSA) is 57.7 Å². The molecule has 1 heterocycles. The van der Waals surface area contributed by atoms with Crippen LogP contribution >= 0.6 is 0 Å². The lowest BCUT2D eigenvalue weighted by atomic mass is 9.94. The maximum Gasteiger partial charge on any atom is 0.338 e. The Morgan fingerprint density at radius 2 is 1.61 bits per heavy atom. The second kappa shape index (κ2) is 10.8. The lowest BCUT2D eigenvalue weighted by molar-refractivity contribution is 0.0526. The Kier molecular flexibility index (Phi) is 7.40. The van der Waals surface area contributed by atoms with Crippen LogP contribution in [-0.4, -0.2) is 30.8 Å². The van der Waals surface area contributed by atoms with Crippen molar-refractivity contribution in [1.29, 1.82) is 0 Å². The molecule has 3 aromatic rings. The van der Waals surface area contributed by atoms with Gasteiger partial charge in [-0.05, 0) is 97.3 Å². The molecule has 5 heteroatoms. The van der Waals surface area contributed by atoms with Gasteiger partial charge in [0.15, 0.2) is 11.5 Å². The number of pyridine rings is 1. The maximum absolute atomic E-state index is 12.1. The van der Waals surface area contributed by atoms with Crippen LogP contribution in [-0.2, 0) is 4.74 Å². The molecule has 2 aromatic carbocycles. The fourth-order valence-corrected chi connectivity index (χ4v) is 4.08. The van der Waals surface area contributed by atoms with E-state index < -0.39 is 0 Å². The van der Waals surface area contributed by atoms with Crippen LogP contribution in [0.4, 0.5) is 0 Å². The van der Waals surface area contributed by atoms with Crippen molar-refractivity contribution in [2.24, 2.45) is 0 Å². The van der Waals surface area contributed by atoms with E-state index in [1.165, 1.54) is 12.8 Å². The van der Waals surface area contributed by atoms with Crippen LogP contribution in [0.1, 0.15) is 59.7 Å². The fraction of sp³-hybridized carbons (Fsp3) is 0.286. The quantitative estimate of drug-likeness (QED) is 0.389. The summed E-state index contributed by atoms with van der Waals surface area (Å²) in [4.78, 5) is 16.2. The summed E-state index contributed by atoms with van der Waals surface area (Å²) >= 11 is 0. The van der Waals surface area contributed by atoms with Gasteiger partial charge in [-0.2, -0.15) is 0 Å². The average Bonchev–Trinajstić information content (AvgIpc) is 3.37. The van der Waals surface area contributed by atoms with Crippen LogP contribution in [0.15, 0.2) is 67.0 Å². The molecule has 0 N–H and O–H groups in total. The molecule has 170 valence electrons. The average molecular weight is 444 g/mol. The van der Waals surface area contributed by atoms with Gasteiger partial charge in [-0.25, -0.2) is 4.79 Å². The molecular formula is C28H29NO4. The summed E-state index contributed by atoms with van der Waals surface area (Å²) in [6, 6.07) is 17.4. The Balaban J connectivity index is 1.74. The molecule has 0 unspecified atom stereocenters. The normalized spacial score (nSPS) is 14.2. The Bertz CT molecular complexity index is 1100. The predicted molar refractivity (Wildman–Crippen MR) is 129 cm³/mol. The fourth-order valence-electron chi connectivity index (χ4n) is 4.08. The monoisotopic (exact) mass is 443 g/mol. The van der Waals surface area contributed by atoms with Gasteiger partial charge >= 0.3 is 5.97 Å². The summed E-state index contributed by atoms with van der Waals surface area (Å²) in [7, 11) is 1.67. The van der Waals surface area contributed by atoms with Crippen molar-refractivity contribution in [3.63, 3.8) is 0 Å². The van der Waals surface area contributed by atoms with Gasteiger partial charge in [-0.15, -0.1) is 0 Å². The molecule has 1 aliphatic rings. The highest BCUT2D eigenvalue weighted by molar-refractivity contribution is 5.94. The summed E-state index contributed by atoms with van der Waals surface area (Å²) in [5.74, 6) is 1.16. The number of esters is 1. The van der Waals surface area contributed by atoms with E-state index in [9.17, 15) is 4.79 Å². The minimum atomic E-state index is -0.319. The maximum atomic E-state index is 12.1. The number of benzene rings is 2. The van der Waals surface area contributed by atoms with Gasteiger partial charge in [0.05, 0.1) is 25.4 Å². The zero-order chi connectivity index (χ0) is 23.0. The molecule has 1 aromatic heterocycles. The third-order valence-corrected chi connectivity index (χ3v) is 5.79. The standard InChI is InChI=1S/C28H29NO4/c1-3-32-28(30)22-10-8-21(9-11-22)25(18-20-14-16-29-17-15-20)23-12-13-26(31-2)27(19-23)33-24-6-4-5-7-24/h8-19,24H,3-7H2,1-2H3. The van der Waals surface area contributed by atoms with Crippen LogP contribution in [0.3, 0.4) is 0 Å². The zero-order valence-corrected chi connectivity index (χ0v) is 19.1. The first-order chi connectivity index (χ1) is 16.2. The van der Waals surface area contributed by atoms with E-state index in [2.05, 4.69) is 11.1 Å². The van der Waals surface area contributed by atoms with E-state index in [0.29, 0.717) is 12.2 Å². The minimum absolute atomic E-state index is 0.227. The van der Waals surface area contributed by atoms with Gasteiger partial charge in [0.1, 0.15) is 0 Å². The Labute approximate surface area is 195 Å². The lowest BCUT2D eigenvalue weighted by Gasteiger charge is -2.18. The van der Waals surface area contributed by atoms with Crippen LogP contribution in [0.25, 0.3) is 11.6 Å². The van der Waals surface area contributed by atoms with Crippen molar-refractivity contribution in [1.82, 2.24) is 4.98 Å². The van der Waals surface area contributed by atoms with Gasteiger partial charge in [-0.1, -0.05) is 18.2 Å². The van der Waals surface area contributed by atoms with Crippen molar-refractivity contribution in [2.75, 3.05) is 13.7 Å². The molecule has 1 fully saturated rings. The van der Waals surface area contributed by atoms with Crippen molar-refractivity contribution in [3.05, 3.63) is 89.2 Å². The number of hydrogen-bond acceptors (Lipinski definition) is 5. The second-order valence-corrected chi connectivity index (χ2v) is 8.03. The largest absolute Gasteiger partial charge is 0.493 e. The Morgan fingerprint density at radius 3 is 2.27 bits per heavy atom. The Morgan fingerprint density at radius 1 is 0.939 bits per heavy atom. The first kappa shape index (κ1) is 22.6. The lowest BCUT2D eigenvalue weighted by Crippen LogP contribution is -2.11. The summed E-state index contributed by atoms with van der Waals surface area (Å²) in [5, 5.41) is 0. The summed E-state index contributed by atoms with van der Waals surface area (Å²) in [5.41, 5.74) is 4.56. The third-order valence-electron chi connectivity index (χ3n) is 5.79. The molecule has 0 saturated heterocycles. The number of aromatic nitrogens is 1. The summed E-state index contributed by atoms with van der Waals surface area (Å²) in [6.07, 6.45) is 10.4. The van der Waals surface area contributed by atoms with Crippen LogP contribution in [0, 0.1) is 0 Å². The minimum Gasteiger partial charge on any atom is -0.493 e. The number of carbonyl (C=O) groups excluding carboxylic acids is 1. The van der Waals surface area contributed by atoms with Crippen LogP contribution < -0.4 is 9.47 Å². The van der Waals surface area contributed by atoms with Gasteiger partial charge in [0.25, 0.3) is 0 Å². The van der Waals surface area contributed by atoms with Gasteiger partial charge in [0, 0.05) is 12.4 Å². The molecule has 0 amide bonds. The third kappa shape index (κ3) is 5.61. The summed E-state index contributed by atoms with van der Waals surface area (Å²) < 4.78 is 17.0. The number of rotatable bonds is 8. The highest BCUT2D eigenvalue weighted by Gasteiger charge is 2.19. The summed E-state index contributed by atoms with van der Waals surface area (Å²) in [6.45, 7) is 2.15. The van der Waals surface area contributed by atoms with E-state index in [4.69, 9.17) is 14.2 Å². The predicted octanol–water partition coefficient (Wildman–Crippen LogP) is 6.18. The van der Waals surface area contributed by atoms with Crippen molar-refractivity contribution < 1.29 is 19.0 Å². The number of hydrogen-bond donors (Lipinski definition) is 0. The molecule has 0 aliphatic heterocycles. The molecule has 0 bridgehead atoms. The van der Waals surface area contributed by atoms with Crippen LogP contribution in [0.5, 0.6) is 11.5 Å². The molecule has 0 atom stereocenters. The SMILES string of the molecule is CCOC(=O)c1ccc(C(=Cc2ccncc2)c2ccc(OC)c(OC3CCCC3)c2)cc1.